The van der Waals surface area contributed by atoms with E-state index in [1.54, 1.807) is 14.2 Å². The van der Waals surface area contributed by atoms with Crippen LogP contribution in [0.4, 0.5) is 0 Å². The lowest BCUT2D eigenvalue weighted by Crippen LogP contribution is -2.42. The number of methoxy groups -OCH3 is 2. The van der Waals surface area contributed by atoms with E-state index in [2.05, 4.69) is 11.8 Å². The second-order valence-corrected chi connectivity index (χ2v) is 6.01. The number of nitrogens with zero attached hydrogens (tertiary/aromatic N) is 1. The number of benzene rings is 1. The fraction of sp³-hybridized carbons (Fsp3) is 0.667. The van der Waals surface area contributed by atoms with E-state index in [0.717, 1.165) is 43.0 Å². The number of piperidine rings is 1. The molecular weight excluding hydrogens is 278 g/mol. The molecule has 2 atom stereocenters. The van der Waals surface area contributed by atoms with E-state index in [1.807, 2.05) is 18.2 Å². The summed E-state index contributed by atoms with van der Waals surface area (Å²) < 4.78 is 10.7. The molecule has 22 heavy (non-hydrogen) atoms. The number of hydrogen-bond donors (Lipinski definition) is 1. The van der Waals surface area contributed by atoms with Crippen LogP contribution in [-0.2, 0) is 0 Å². The number of hydrogen-bond acceptors (Lipinski definition) is 4. The van der Waals surface area contributed by atoms with Crippen molar-refractivity contribution < 1.29 is 14.6 Å². The van der Waals surface area contributed by atoms with Gasteiger partial charge < -0.3 is 14.6 Å². The lowest BCUT2D eigenvalue weighted by molar-refractivity contribution is 0.00882. The van der Waals surface area contributed by atoms with Crippen LogP contribution in [0.1, 0.15) is 50.6 Å². The van der Waals surface area contributed by atoms with E-state index in [1.165, 1.54) is 19.3 Å². The van der Waals surface area contributed by atoms with Gasteiger partial charge in [-0.05, 0) is 50.0 Å². The predicted octanol–water partition coefficient (Wildman–Crippen LogP) is 3.39. The Bertz CT molecular complexity index is 464. The Morgan fingerprint density at radius 1 is 1.18 bits per heavy atom. The van der Waals surface area contributed by atoms with E-state index >= 15 is 0 Å². The molecule has 124 valence electrons. The van der Waals surface area contributed by atoms with Crippen molar-refractivity contribution in [1.82, 2.24) is 4.90 Å². The molecular formula is C18H29NO3. The average molecular weight is 307 g/mol. The van der Waals surface area contributed by atoms with E-state index < -0.39 is 0 Å². The van der Waals surface area contributed by atoms with Gasteiger partial charge in [-0.25, -0.2) is 0 Å². The number of aliphatic hydroxyl groups is 1. The maximum Gasteiger partial charge on any atom is 0.161 e. The van der Waals surface area contributed by atoms with Gasteiger partial charge in [-0.15, -0.1) is 0 Å². The monoisotopic (exact) mass is 307 g/mol. The van der Waals surface area contributed by atoms with Gasteiger partial charge in [0, 0.05) is 0 Å². The zero-order chi connectivity index (χ0) is 15.9. The summed E-state index contributed by atoms with van der Waals surface area (Å²) in [6.45, 7) is 4.32. The molecule has 2 rings (SSSR count). The number of aliphatic hydroxyl groups excluding tert-OH is 1. The van der Waals surface area contributed by atoms with Crippen LogP contribution in [0.25, 0.3) is 0 Å². The number of rotatable bonds is 7. The van der Waals surface area contributed by atoms with Crippen LogP contribution in [0.3, 0.4) is 0 Å². The maximum atomic E-state index is 10.5. The smallest absolute Gasteiger partial charge is 0.161 e. The van der Waals surface area contributed by atoms with Crippen LogP contribution >= 0.6 is 0 Å². The Balaban J connectivity index is 2.20. The number of unbranched alkanes of at least 4 members (excludes halogenated alkanes) is 2. The number of likely N-dealkylation sites (tertiary alicyclic amines) is 1. The molecule has 1 fully saturated rings. The summed E-state index contributed by atoms with van der Waals surface area (Å²) in [6, 6.07) is 6.04. The molecule has 4 nitrogen and oxygen atoms in total. The van der Waals surface area contributed by atoms with Crippen molar-refractivity contribution in [2.75, 3.05) is 27.3 Å². The Morgan fingerprint density at radius 3 is 2.64 bits per heavy atom. The summed E-state index contributed by atoms with van der Waals surface area (Å²) in [5.41, 5.74) is 1.11. The van der Waals surface area contributed by atoms with E-state index in [4.69, 9.17) is 9.47 Å². The van der Waals surface area contributed by atoms with Gasteiger partial charge in [-0.2, -0.15) is 0 Å². The van der Waals surface area contributed by atoms with Crippen LogP contribution in [0.5, 0.6) is 11.5 Å². The molecule has 1 aromatic carbocycles. The fourth-order valence-corrected chi connectivity index (χ4v) is 3.33. The largest absolute Gasteiger partial charge is 0.493 e. The molecule has 1 saturated heterocycles. The highest BCUT2D eigenvalue weighted by molar-refractivity contribution is 5.44. The molecule has 0 spiro atoms. The Morgan fingerprint density at radius 2 is 1.95 bits per heavy atom. The lowest BCUT2D eigenvalue weighted by Gasteiger charge is -2.39. The highest BCUT2D eigenvalue weighted by Crippen LogP contribution is 2.36. The van der Waals surface area contributed by atoms with Crippen molar-refractivity contribution in [2.45, 2.75) is 51.2 Å². The van der Waals surface area contributed by atoms with Crippen LogP contribution < -0.4 is 9.47 Å². The van der Waals surface area contributed by atoms with Crippen molar-refractivity contribution in [3.8, 4) is 11.5 Å². The quantitative estimate of drug-likeness (QED) is 0.784. The molecule has 0 amide bonds. The molecule has 1 aromatic rings. The first-order valence-corrected chi connectivity index (χ1v) is 8.35. The highest BCUT2D eigenvalue weighted by Gasteiger charge is 2.31. The summed E-state index contributed by atoms with van der Waals surface area (Å²) in [5, 5.41) is 10.5. The third-order valence-electron chi connectivity index (χ3n) is 4.50. The highest BCUT2D eigenvalue weighted by atomic mass is 16.5. The molecule has 0 unspecified atom stereocenters. The van der Waals surface area contributed by atoms with Gasteiger partial charge in [0.05, 0.1) is 26.4 Å². The summed E-state index contributed by atoms with van der Waals surface area (Å²) in [4.78, 5) is 2.42. The molecule has 0 aliphatic carbocycles. The van der Waals surface area contributed by atoms with Gasteiger partial charge in [0.2, 0.25) is 0 Å². The standard InChI is InChI=1S/C18H29NO3/c1-4-5-6-11-19-12-7-8-15(20)18(19)14-9-10-16(21-2)17(13-14)22-3/h9-10,13,15,18,20H,4-8,11-12H2,1-3H3/t15-,18-/m1/s1. The van der Waals surface area contributed by atoms with Crippen molar-refractivity contribution in [1.29, 1.82) is 0 Å². The van der Waals surface area contributed by atoms with Gasteiger partial charge in [0.1, 0.15) is 0 Å². The normalized spacial score (nSPS) is 22.5. The summed E-state index contributed by atoms with van der Waals surface area (Å²) in [5.74, 6) is 1.46. The Labute approximate surface area is 134 Å². The van der Waals surface area contributed by atoms with Crippen molar-refractivity contribution in [3.05, 3.63) is 23.8 Å². The minimum Gasteiger partial charge on any atom is -0.493 e. The van der Waals surface area contributed by atoms with Gasteiger partial charge in [0.25, 0.3) is 0 Å². The van der Waals surface area contributed by atoms with Gasteiger partial charge in [0.15, 0.2) is 11.5 Å². The summed E-state index contributed by atoms with van der Waals surface area (Å²) in [6.07, 6.45) is 5.27. The topological polar surface area (TPSA) is 41.9 Å². The SMILES string of the molecule is CCCCCN1CCC[C@@H](O)[C@H]1c1ccc(OC)c(OC)c1. The molecule has 0 aromatic heterocycles. The Kier molecular flexibility index (Phi) is 6.52. The zero-order valence-corrected chi connectivity index (χ0v) is 14.0. The first kappa shape index (κ1) is 17.1. The lowest BCUT2D eigenvalue weighted by atomic mass is 9.92. The molecule has 1 aliphatic rings. The molecule has 0 bridgehead atoms. The zero-order valence-electron chi connectivity index (χ0n) is 14.0. The van der Waals surface area contributed by atoms with Crippen LogP contribution in [0.2, 0.25) is 0 Å². The molecule has 0 radical (unpaired) electrons. The maximum absolute atomic E-state index is 10.5. The van der Waals surface area contributed by atoms with Crippen LogP contribution in [0, 0.1) is 0 Å². The van der Waals surface area contributed by atoms with E-state index in [9.17, 15) is 5.11 Å². The minimum atomic E-state index is -0.312. The first-order valence-electron chi connectivity index (χ1n) is 8.35. The predicted molar refractivity (Wildman–Crippen MR) is 88.6 cm³/mol. The van der Waals surface area contributed by atoms with E-state index in [-0.39, 0.29) is 12.1 Å². The molecule has 1 aliphatic heterocycles. The van der Waals surface area contributed by atoms with Crippen molar-refractivity contribution in [3.63, 3.8) is 0 Å². The van der Waals surface area contributed by atoms with Crippen molar-refractivity contribution in [2.24, 2.45) is 0 Å². The Hall–Kier alpha value is -1.26. The first-order chi connectivity index (χ1) is 10.7. The van der Waals surface area contributed by atoms with Gasteiger partial charge >= 0.3 is 0 Å². The molecule has 0 saturated carbocycles. The number of ether oxygens (including phenoxy) is 2. The summed E-state index contributed by atoms with van der Waals surface area (Å²) >= 11 is 0. The molecule has 1 N–H and O–H groups in total. The minimum absolute atomic E-state index is 0.0606. The van der Waals surface area contributed by atoms with Crippen molar-refractivity contribution >= 4 is 0 Å². The third kappa shape index (κ3) is 3.93. The molecule has 4 heteroatoms. The van der Waals surface area contributed by atoms with Gasteiger partial charge in [-0.3, -0.25) is 4.90 Å². The fourth-order valence-electron chi connectivity index (χ4n) is 3.33. The molecule has 1 heterocycles. The average Bonchev–Trinajstić information content (AvgIpc) is 2.54. The van der Waals surface area contributed by atoms with Crippen LogP contribution in [-0.4, -0.2) is 43.4 Å². The third-order valence-corrected chi connectivity index (χ3v) is 4.50. The second kappa shape index (κ2) is 8.39. The van der Waals surface area contributed by atoms with Crippen LogP contribution in [0.15, 0.2) is 18.2 Å². The van der Waals surface area contributed by atoms with E-state index in [0.29, 0.717) is 0 Å². The van der Waals surface area contributed by atoms with Gasteiger partial charge in [-0.1, -0.05) is 25.8 Å². The summed E-state index contributed by atoms with van der Waals surface area (Å²) in [7, 11) is 3.29. The second-order valence-electron chi connectivity index (χ2n) is 6.01.